The van der Waals surface area contributed by atoms with Crippen LogP contribution in [0.2, 0.25) is 5.02 Å². The number of hydrogen-bond donors (Lipinski definition) is 0. The van der Waals surface area contributed by atoms with Gasteiger partial charge in [-0.15, -0.1) is 11.3 Å². The third kappa shape index (κ3) is 5.39. The fourth-order valence-electron chi connectivity index (χ4n) is 3.91. The first-order valence-corrected chi connectivity index (χ1v) is 14.2. The Bertz CT molecular complexity index is 1640. The van der Waals surface area contributed by atoms with Crippen molar-refractivity contribution in [3.63, 3.8) is 0 Å². The van der Waals surface area contributed by atoms with Gasteiger partial charge in [0.15, 0.2) is 12.0 Å². The molecule has 0 radical (unpaired) electrons. The summed E-state index contributed by atoms with van der Waals surface area (Å²) in [6.07, 6.45) is 3.99. The molecule has 0 saturated heterocycles. The van der Waals surface area contributed by atoms with E-state index in [-0.39, 0.29) is 23.7 Å². The summed E-state index contributed by atoms with van der Waals surface area (Å²) in [7, 11) is 1.97. The maximum atomic E-state index is 13.4. The largest absolute Gasteiger partial charge is 1.00 e. The van der Waals surface area contributed by atoms with Gasteiger partial charge in [-0.1, -0.05) is 34.7 Å². The minimum absolute atomic E-state index is 0. The Morgan fingerprint density at radius 1 is 1.24 bits per heavy atom. The quantitative estimate of drug-likeness (QED) is 0.244. The smallest absolute Gasteiger partial charge is 0.374 e. The molecule has 0 saturated carbocycles. The van der Waals surface area contributed by atoms with E-state index in [4.69, 9.17) is 20.8 Å². The summed E-state index contributed by atoms with van der Waals surface area (Å²) < 4.78 is 16.1. The number of thiazole rings is 2. The highest BCUT2D eigenvalue weighted by molar-refractivity contribution is 8.08. The SMILES string of the molecule is CCOC(=O)c1ccc(C[n+]2ccsc2/C=c2\s/c(=C3/Sc4cc(Cl)ccc4N3C)c(=O)n2CC)o1.[Cl-]. The standard InChI is InChI=1S/C25H23ClN3O4S3.ClH/c1-4-29-21(36-22(23(29)30)24-27(3)17-8-6-15(26)12-19(17)35-24)13-20-28(10-11-34-20)14-16-7-9-18(33-16)25(31)32-5-2;/h6-13H,4-5,14H2,1-3H3;1H/q+1;/p-1/b24-22+;. The molecule has 7 nitrogen and oxygen atoms in total. The number of benzene rings is 1. The predicted molar refractivity (Wildman–Crippen MR) is 144 cm³/mol. The Morgan fingerprint density at radius 3 is 2.81 bits per heavy atom. The molecule has 3 aromatic heterocycles. The van der Waals surface area contributed by atoms with Crippen molar-refractivity contribution in [1.29, 1.82) is 0 Å². The van der Waals surface area contributed by atoms with Gasteiger partial charge in [-0.3, -0.25) is 9.36 Å². The fraction of sp³-hybridized carbons (Fsp3) is 0.240. The van der Waals surface area contributed by atoms with Gasteiger partial charge in [0.05, 0.1) is 23.8 Å². The van der Waals surface area contributed by atoms with Crippen LogP contribution in [-0.4, -0.2) is 24.2 Å². The van der Waals surface area contributed by atoms with Gasteiger partial charge >= 0.3 is 5.97 Å². The van der Waals surface area contributed by atoms with E-state index in [9.17, 15) is 9.59 Å². The fourth-order valence-corrected chi connectivity index (χ4v) is 7.50. The van der Waals surface area contributed by atoms with Crippen LogP contribution >= 0.6 is 46.0 Å². The molecule has 0 aliphatic carbocycles. The predicted octanol–water partition coefficient (Wildman–Crippen LogP) is 0.891. The number of thioether (sulfide) groups is 1. The molecule has 37 heavy (non-hydrogen) atoms. The summed E-state index contributed by atoms with van der Waals surface area (Å²) in [5.41, 5.74) is 1.03. The third-order valence-corrected chi connectivity index (χ3v) is 9.19. The highest BCUT2D eigenvalue weighted by Gasteiger charge is 2.25. The Kier molecular flexibility index (Phi) is 8.55. The van der Waals surface area contributed by atoms with Gasteiger partial charge in [0, 0.05) is 23.5 Å². The third-order valence-electron chi connectivity index (χ3n) is 5.64. The molecule has 1 aromatic carbocycles. The average molecular weight is 597 g/mol. The Labute approximate surface area is 236 Å². The number of ether oxygens (including phenoxy) is 1. The molecule has 0 unspecified atom stereocenters. The van der Waals surface area contributed by atoms with E-state index >= 15 is 0 Å². The van der Waals surface area contributed by atoms with E-state index in [1.807, 2.05) is 54.4 Å². The number of furan rings is 1. The number of fused-ring (bicyclic) bond motifs is 1. The van der Waals surface area contributed by atoms with Gasteiger partial charge in [-0.2, -0.15) is 4.57 Å². The molecule has 194 valence electrons. The maximum absolute atomic E-state index is 13.4. The number of halogens is 2. The number of rotatable bonds is 6. The molecule has 0 N–H and O–H groups in total. The molecule has 0 bridgehead atoms. The zero-order chi connectivity index (χ0) is 25.4. The lowest BCUT2D eigenvalue weighted by molar-refractivity contribution is -0.686. The Balaban J connectivity index is 0.00000320. The van der Waals surface area contributed by atoms with Crippen molar-refractivity contribution in [2.24, 2.45) is 0 Å². The van der Waals surface area contributed by atoms with Crippen LogP contribution in [0.1, 0.15) is 35.2 Å². The lowest BCUT2D eigenvalue weighted by Crippen LogP contribution is -3.00. The van der Waals surface area contributed by atoms with Crippen LogP contribution in [0, 0.1) is 0 Å². The van der Waals surface area contributed by atoms with Crippen molar-refractivity contribution in [2.45, 2.75) is 31.8 Å². The van der Waals surface area contributed by atoms with E-state index in [0.29, 0.717) is 35.0 Å². The lowest BCUT2D eigenvalue weighted by Gasteiger charge is -2.12. The van der Waals surface area contributed by atoms with Crippen LogP contribution in [0.15, 0.2) is 56.0 Å². The van der Waals surface area contributed by atoms with Crippen LogP contribution in [0.4, 0.5) is 5.69 Å². The highest BCUT2D eigenvalue weighted by Crippen LogP contribution is 2.46. The number of esters is 1. The molecule has 1 aliphatic rings. The van der Waals surface area contributed by atoms with Crippen LogP contribution < -0.4 is 36.6 Å². The summed E-state index contributed by atoms with van der Waals surface area (Å²) in [6, 6.07) is 9.18. The summed E-state index contributed by atoms with van der Waals surface area (Å²) in [4.78, 5) is 28.4. The van der Waals surface area contributed by atoms with Gasteiger partial charge < -0.3 is 26.5 Å². The summed E-state index contributed by atoms with van der Waals surface area (Å²) in [5, 5.41) is 4.53. The van der Waals surface area contributed by atoms with Crippen molar-refractivity contribution in [1.82, 2.24) is 4.57 Å². The first kappa shape index (κ1) is 27.5. The molecule has 0 amide bonds. The number of hydrogen-bond acceptors (Lipinski definition) is 8. The molecule has 0 fully saturated rings. The summed E-state index contributed by atoms with van der Waals surface area (Å²) in [6.45, 7) is 5.04. The van der Waals surface area contributed by atoms with Gasteiger partial charge in [-0.05, 0) is 44.2 Å². The minimum atomic E-state index is -0.472. The number of anilines is 1. The zero-order valence-electron chi connectivity index (χ0n) is 20.2. The van der Waals surface area contributed by atoms with Crippen molar-refractivity contribution < 1.29 is 30.9 Å². The molecule has 0 atom stereocenters. The first-order chi connectivity index (χ1) is 17.4. The lowest BCUT2D eigenvalue weighted by atomic mass is 10.3. The topological polar surface area (TPSA) is 68.6 Å². The van der Waals surface area contributed by atoms with E-state index in [1.165, 1.54) is 11.3 Å². The second-order valence-corrected chi connectivity index (χ2v) is 11.3. The van der Waals surface area contributed by atoms with Crippen molar-refractivity contribution in [2.75, 3.05) is 18.6 Å². The first-order valence-electron chi connectivity index (χ1n) is 11.3. The van der Waals surface area contributed by atoms with E-state index < -0.39 is 5.97 Å². The number of carbonyl (C=O) groups excluding carboxylic acids is 1. The summed E-state index contributed by atoms with van der Waals surface area (Å²) >= 11 is 10.8. The number of nitrogens with zero attached hydrogens (tertiary/aromatic N) is 3. The normalized spacial score (nSPS) is 14.6. The van der Waals surface area contributed by atoms with Crippen molar-refractivity contribution in [3.8, 4) is 0 Å². The number of aromatic nitrogens is 2. The van der Waals surface area contributed by atoms with Crippen LogP contribution in [0.3, 0.4) is 0 Å². The van der Waals surface area contributed by atoms with E-state index in [1.54, 1.807) is 46.7 Å². The molecule has 4 aromatic rings. The summed E-state index contributed by atoms with van der Waals surface area (Å²) in [5.74, 6) is 0.362. The van der Waals surface area contributed by atoms with Crippen LogP contribution in [0.25, 0.3) is 11.1 Å². The van der Waals surface area contributed by atoms with Gasteiger partial charge in [0.2, 0.25) is 12.3 Å². The average Bonchev–Trinajstić information content (AvgIpc) is 3.62. The van der Waals surface area contributed by atoms with Gasteiger partial charge in [0.25, 0.3) is 10.6 Å². The minimum Gasteiger partial charge on any atom is -1.00 e. The van der Waals surface area contributed by atoms with Crippen LogP contribution in [-0.2, 0) is 17.8 Å². The highest BCUT2D eigenvalue weighted by atomic mass is 35.5. The molecular formula is C25H23Cl2N3O4S3. The Morgan fingerprint density at radius 2 is 2.05 bits per heavy atom. The molecule has 1 aliphatic heterocycles. The molecule has 4 heterocycles. The molecule has 5 rings (SSSR count). The van der Waals surface area contributed by atoms with Crippen molar-refractivity contribution >= 4 is 68.8 Å². The molecule has 0 spiro atoms. The van der Waals surface area contributed by atoms with Gasteiger partial charge in [-0.25, -0.2) is 4.79 Å². The Hall–Kier alpha value is -2.50. The second kappa shape index (κ2) is 11.5. The molecular weight excluding hydrogens is 573 g/mol. The maximum Gasteiger partial charge on any atom is 0.374 e. The number of carbonyl (C=O) groups is 1. The van der Waals surface area contributed by atoms with Crippen LogP contribution in [0.5, 0.6) is 0 Å². The molecule has 12 heteroatoms. The second-order valence-electron chi connectivity index (χ2n) is 7.90. The van der Waals surface area contributed by atoms with Gasteiger partial charge in [0.1, 0.15) is 14.2 Å². The van der Waals surface area contributed by atoms with Crippen molar-refractivity contribution in [3.05, 3.63) is 83.0 Å². The monoisotopic (exact) mass is 595 g/mol. The van der Waals surface area contributed by atoms with E-state index in [2.05, 4.69) is 4.90 Å². The zero-order valence-corrected chi connectivity index (χ0v) is 24.2. The van der Waals surface area contributed by atoms with E-state index in [0.717, 1.165) is 25.3 Å².